The summed E-state index contributed by atoms with van der Waals surface area (Å²) < 4.78 is 10.4. The Kier molecular flexibility index (Phi) is 4.68. The SMILES string of the molecule is COCC(C)Oc1cc(NN)cc([N+](=O)[O-])c1. The van der Waals surface area contributed by atoms with Crippen LogP contribution in [0.5, 0.6) is 5.75 Å². The maximum absolute atomic E-state index is 10.7. The summed E-state index contributed by atoms with van der Waals surface area (Å²) in [5, 5.41) is 10.7. The Balaban J connectivity index is 2.90. The highest BCUT2D eigenvalue weighted by molar-refractivity contribution is 5.55. The molecule has 1 aromatic rings. The second kappa shape index (κ2) is 6.02. The number of hydrazine groups is 1. The third kappa shape index (κ3) is 3.89. The van der Waals surface area contributed by atoms with E-state index in [-0.39, 0.29) is 11.8 Å². The number of anilines is 1. The molecule has 0 saturated carbocycles. The summed E-state index contributed by atoms with van der Waals surface area (Å²) in [6, 6.07) is 4.25. The zero-order valence-corrected chi connectivity index (χ0v) is 9.67. The lowest BCUT2D eigenvalue weighted by Gasteiger charge is -2.14. The molecule has 7 heteroatoms. The molecule has 3 N–H and O–H groups in total. The van der Waals surface area contributed by atoms with Crippen LogP contribution in [0.1, 0.15) is 6.92 Å². The van der Waals surface area contributed by atoms with Gasteiger partial charge in [0, 0.05) is 19.2 Å². The minimum absolute atomic E-state index is 0.0833. The van der Waals surface area contributed by atoms with Crippen LogP contribution in [-0.2, 0) is 4.74 Å². The number of nitrogens with zero attached hydrogens (tertiary/aromatic N) is 1. The van der Waals surface area contributed by atoms with E-state index in [1.54, 1.807) is 20.1 Å². The number of non-ortho nitro benzene ring substituents is 1. The first-order valence-corrected chi connectivity index (χ1v) is 4.98. The molecule has 0 aliphatic rings. The molecule has 17 heavy (non-hydrogen) atoms. The van der Waals surface area contributed by atoms with Crippen LogP contribution in [0.3, 0.4) is 0 Å². The van der Waals surface area contributed by atoms with E-state index < -0.39 is 4.92 Å². The molecule has 0 aliphatic heterocycles. The number of ether oxygens (including phenoxy) is 2. The van der Waals surface area contributed by atoms with Gasteiger partial charge in [-0.2, -0.15) is 0 Å². The first-order chi connectivity index (χ1) is 8.06. The van der Waals surface area contributed by atoms with E-state index in [9.17, 15) is 10.1 Å². The standard InChI is InChI=1S/C10H15N3O4/c1-7(6-16-2)17-10-4-8(12-11)3-9(5-10)13(14)15/h3-5,7,12H,6,11H2,1-2H3. The van der Waals surface area contributed by atoms with Crippen LogP contribution in [0.4, 0.5) is 11.4 Å². The second-order valence-corrected chi connectivity index (χ2v) is 3.50. The van der Waals surface area contributed by atoms with Gasteiger partial charge in [0.25, 0.3) is 5.69 Å². The van der Waals surface area contributed by atoms with Crippen molar-refractivity contribution in [1.29, 1.82) is 0 Å². The third-order valence-corrected chi connectivity index (χ3v) is 2.01. The molecule has 0 bridgehead atoms. The van der Waals surface area contributed by atoms with Gasteiger partial charge in [-0.1, -0.05) is 0 Å². The molecule has 1 unspecified atom stereocenters. The molecule has 0 aromatic heterocycles. The number of hydrogen-bond acceptors (Lipinski definition) is 6. The number of hydrogen-bond donors (Lipinski definition) is 2. The number of nitrogen functional groups attached to an aromatic ring is 1. The molecule has 1 aromatic carbocycles. The van der Waals surface area contributed by atoms with Crippen molar-refractivity contribution in [2.24, 2.45) is 5.84 Å². The predicted octanol–water partition coefficient (Wildman–Crippen LogP) is 1.29. The van der Waals surface area contributed by atoms with Crippen LogP contribution in [0.2, 0.25) is 0 Å². The Labute approximate surface area is 98.6 Å². The van der Waals surface area contributed by atoms with Crippen molar-refractivity contribution in [1.82, 2.24) is 0 Å². The molecule has 0 heterocycles. The summed E-state index contributed by atoms with van der Waals surface area (Å²) in [5.74, 6) is 5.60. The predicted molar refractivity (Wildman–Crippen MR) is 62.9 cm³/mol. The summed E-state index contributed by atoms with van der Waals surface area (Å²) in [4.78, 5) is 10.2. The van der Waals surface area contributed by atoms with Crippen molar-refractivity contribution in [2.45, 2.75) is 13.0 Å². The van der Waals surface area contributed by atoms with Gasteiger partial charge in [-0.15, -0.1) is 0 Å². The van der Waals surface area contributed by atoms with Gasteiger partial charge >= 0.3 is 0 Å². The Hall–Kier alpha value is -1.86. The first kappa shape index (κ1) is 13.2. The van der Waals surface area contributed by atoms with Crippen molar-refractivity contribution in [3.8, 4) is 5.75 Å². The molecule has 1 rings (SSSR count). The van der Waals surface area contributed by atoms with Gasteiger partial charge < -0.3 is 14.9 Å². The van der Waals surface area contributed by atoms with Gasteiger partial charge in [0.2, 0.25) is 0 Å². The fourth-order valence-corrected chi connectivity index (χ4v) is 1.34. The number of benzene rings is 1. The largest absolute Gasteiger partial charge is 0.488 e. The van der Waals surface area contributed by atoms with E-state index in [1.807, 2.05) is 0 Å². The van der Waals surface area contributed by atoms with Crippen LogP contribution in [0, 0.1) is 10.1 Å². The van der Waals surface area contributed by atoms with Gasteiger partial charge in [-0.25, -0.2) is 0 Å². The summed E-state index contributed by atoms with van der Waals surface area (Å²) in [5.41, 5.74) is 2.68. The average Bonchev–Trinajstić information content (AvgIpc) is 2.28. The molecule has 0 spiro atoms. The Bertz CT molecular complexity index is 397. The fourth-order valence-electron chi connectivity index (χ4n) is 1.34. The van der Waals surface area contributed by atoms with E-state index in [2.05, 4.69) is 5.43 Å². The lowest BCUT2D eigenvalue weighted by Crippen LogP contribution is -2.18. The van der Waals surface area contributed by atoms with E-state index >= 15 is 0 Å². The van der Waals surface area contributed by atoms with Crippen molar-refractivity contribution in [3.63, 3.8) is 0 Å². The molecule has 0 amide bonds. The van der Waals surface area contributed by atoms with E-state index in [4.69, 9.17) is 15.3 Å². The normalized spacial score (nSPS) is 11.9. The summed E-state index contributed by atoms with van der Waals surface area (Å²) in [7, 11) is 1.56. The molecule has 0 radical (unpaired) electrons. The number of methoxy groups -OCH3 is 1. The zero-order chi connectivity index (χ0) is 12.8. The average molecular weight is 241 g/mol. The number of nitrogens with two attached hydrogens (primary N) is 1. The zero-order valence-electron chi connectivity index (χ0n) is 9.67. The minimum Gasteiger partial charge on any atom is -0.488 e. The van der Waals surface area contributed by atoms with Crippen LogP contribution in [0.25, 0.3) is 0 Å². The molecular weight excluding hydrogens is 226 g/mol. The van der Waals surface area contributed by atoms with Crippen LogP contribution >= 0.6 is 0 Å². The third-order valence-electron chi connectivity index (χ3n) is 2.01. The second-order valence-electron chi connectivity index (χ2n) is 3.50. The first-order valence-electron chi connectivity index (χ1n) is 4.98. The van der Waals surface area contributed by atoms with E-state index in [0.717, 1.165) is 0 Å². The molecule has 94 valence electrons. The van der Waals surface area contributed by atoms with Crippen molar-refractivity contribution < 1.29 is 14.4 Å². The molecule has 0 fully saturated rings. The van der Waals surface area contributed by atoms with E-state index in [0.29, 0.717) is 18.0 Å². The Morgan fingerprint density at radius 1 is 1.53 bits per heavy atom. The lowest BCUT2D eigenvalue weighted by atomic mass is 10.2. The summed E-state index contributed by atoms with van der Waals surface area (Å²) in [6.07, 6.45) is -0.201. The number of nitrogens with one attached hydrogen (secondary N) is 1. The monoisotopic (exact) mass is 241 g/mol. The van der Waals surface area contributed by atoms with Crippen molar-refractivity contribution >= 4 is 11.4 Å². The van der Waals surface area contributed by atoms with Crippen LogP contribution < -0.4 is 16.0 Å². The van der Waals surface area contributed by atoms with Gasteiger partial charge in [0.05, 0.1) is 23.3 Å². The Morgan fingerprint density at radius 2 is 2.24 bits per heavy atom. The minimum atomic E-state index is -0.505. The van der Waals surface area contributed by atoms with Crippen molar-refractivity contribution in [2.75, 3.05) is 19.1 Å². The van der Waals surface area contributed by atoms with Crippen LogP contribution in [-0.4, -0.2) is 24.7 Å². The molecule has 1 atom stereocenters. The maximum Gasteiger partial charge on any atom is 0.275 e. The summed E-state index contributed by atoms with van der Waals surface area (Å²) in [6.45, 7) is 2.20. The van der Waals surface area contributed by atoms with Gasteiger partial charge in [-0.3, -0.25) is 16.0 Å². The highest BCUT2D eigenvalue weighted by Crippen LogP contribution is 2.26. The van der Waals surface area contributed by atoms with Crippen LogP contribution in [0.15, 0.2) is 18.2 Å². The molecule has 7 nitrogen and oxygen atoms in total. The van der Waals surface area contributed by atoms with E-state index in [1.165, 1.54) is 12.1 Å². The molecule has 0 aliphatic carbocycles. The number of nitro benzene ring substituents is 1. The highest BCUT2D eigenvalue weighted by Gasteiger charge is 2.12. The molecule has 0 saturated heterocycles. The number of rotatable bonds is 6. The van der Waals surface area contributed by atoms with Gasteiger partial charge in [0.15, 0.2) is 0 Å². The fraction of sp³-hybridized carbons (Fsp3) is 0.400. The lowest BCUT2D eigenvalue weighted by molar-refractivity contribution is -0.384. The smallest absolute Gasteiger partial charge is 0.275 e. The van der Waals surface area contributed by atoms with Crippen molar-refractivity contribution in [3.05, 3.63) is 28.3 Å². The molecular formula is C10H15N3O4. The highest BCUT2D eigenvalue weighted by atomic mass is 16.6. The Morgan fingerprint density at radius 3 is 2.76 bits per heavy atom. The van der Waals surface area contributed by atoms with Gasteiger partial charge in [-0.05, 0) is 6.92 Å². The van der Waals surface area contributed by atoms with Gasteiger partial charge in [0.1, 0.15) is 11.9 Å². The quantitative estimate of drug-likeness (QED) is 0.442. The topological polar surface area (TPSA) is 99.7 Å². The summed E-state index contributed by atoms with van der Waals surface area (Å²) >= 11 is 0. The number of nitro groups is 1. The maximum atomic E-state index is 10.7.